The van der Waals surface area contributed by atoms with Crippen molar-refractivity contribution in [1.82, 2.24) is 5.32 Å². The van der Waals surface area contributed by atoms with Gasteiger partial charge in [-0.05, 0) is 30.9 Å². The standard InChI is InChI=1S/C12H13ClFNO/c13-10-5-1-3-8(11(10)14)7-9-4-2-6-15-12(9)16/h1,3,5,9H,2,4,6-7H2,(H,15,16). The number of hydrogen-bond donors (Lipinski definition) is 1. The van der Waals surface area contributed by atoms with Gasteiger partial charge in [0, 0.05) is 12.5 Å². The summed E-state index contributed by atoms with van der Waals surface area (Å²) < 4.78 is 13.6. The van der Waals surface area contributed by atoms with Crippen LogP contribution < -0.4 is 5.32 Å². The van der Waals surface area contributed by atoms with Crippen LogP contribution in [-0.4, -0.2) is 12.5 Å². The predicted molar refractivity (Wildman–Crippen MR) is 60.8 cm³/mol. The Hall–Kier alpha value is -1.09. The first kappa shape index (κ1) is 11.4. The largest absolute Gasteiger partial charge is 0.356 e. The highest BCUT2D eigenvalue weighted by atomic mass is 35.5. The van der Waals surface area contributed by atoms with Gasteiger partial charge >= 0.3 is 0 Å². The maximum Gasteiger partial charge on any atom is 0.223 e. The Morgan fingerprint density at radius 3 is 3.06 bits per heavy atom. The number of piperidine rings is 1. The van der Waals surface area contributed by atoms with E-state index in [1.165, 1.54) is 6.07 Å². The highest BCUT2D eigenvalue weighted by Crippen LogP contribution is 2.23. The van der Waals surface area contributed by atoms with Crippen molar-refractivity contribution in [2.75, 3.05) is 6.54 Å². The minimum Gasteiger partial charge on any atom is -0.356 e. The third-order valence-electron chi connectivity index (χ3n) is 2.90. The van der Waals surface area contributed by atoms with Gasteiger partial charge in [-0.2, -0.15) is 0 Å². The fourth-order valence-corrected chi connectivity index (χ4v) is 2.20. The van der Waals surface area contributed by atoms with Gasteiger partial charge in [0.2, 0.25) is 5.91 Å². The summed E-state index contributed by atoms with van der Waals surface area (Å²) in [6.07, 6.45) is 2.20. The van der Waals surface area contributed by atoms with Crippen LogP contribution in [0.1, 0.15) is 18.4 Å². The molecule has 1 saturated heterocycles. The lowest BCUT2D eigenvalue weighted by Gasteiger charge is -2.21. The van der Waals surface area contributed by atoms with Gasteiger partial charge < -0.3 is 5.32 Å². The minimum atomic E-state index is -0.400. The second-order valence-corrected chi connectivity index (χ2v) is 4.45. The Kier molecular flexibility index (Phi) is 3.44. The number of carbonyl (C=O) groups is 1. The molecule has 0 radical (unpaired) electrons. The van der Waals surface area contributed by atoms with E-state index in [1.807, 2.05) is 0 Å². The van der Waals surface area contributed by atoms with E-state index in [0.29, 0.717) is 12.0 Å². The molecule has 1 heterocycles. The van der Waals surface area contributed by atoms with Gasteiger partial charge in [-0.3, -0.25) is 4.79 Å². The van der Waals surface area contributed by atoms with Crippen molar-refractivity contribution in [3.63, 3.8) is 0 Å². The van der Waals surface area contributed by atoms with E-state index < -0.39 is 5.82 Å². The zero-order valence-electron chi connectivity index (χ0n) is 8.80. The van der Waals surface area contributed by atoms with Gasteiger partial charge in [-0.25, -0.2) is 4.39 Å². The molecule has 16 heavy (non-hydrogen) atoms. The maximum atomic E-state index is 13.6. The molecule has 0 aromatic heterocycles. The molecule has 0 aliphatic carbocycles. The van der Waals surface area contributed by atoms with Crippen LogP contribution in [0.3, 0.4) is 0 Å². The summed E-state index contributed by atoms with van der Waals surface area (Å²) in [7, 11) is 0. The van der Waals surface area contributed by atoms with Gasteiger partial charge in [-0.15, -0.1) is 0 Å². The number of hydrogen-bond acceptors (Lipinski definition) is 1. The molecule has 1 aromatic carbocycles. The Morgan fingerprint density at radius 2 is 2.31 bits per heavy atom. The summed E-state index contributed by atoms with van der Waals surface area (Å²) in [5.41, 5.74) is 0.523. The highest BCUT2D eigenvalue weighted by molar-refractivity contribution is 6.30. The topological polar surface area (TPSA) is 29.1 Å². The molecular weight excluding hydrogens is 229 g/mol. The summed E-state index contributed by atoms with van der Waals surface area (Å²) in [6, 6.07) is 4.91. The molecule has 1 aromatic rings. The normalized spacial score (nSPS) is 20.6. The SMILES string of the molecule is O=C1NCCCC1Cc1cccc(Cl)c1F. The summed E-state index contributed by atoms with van der Waals surface area (Å²) in [6.45, 7) is 0.730. The van der Waals surface area contributed by atoms with Crippen LogP contribution in [0.5, 0.6) is 0 Å². The molecule has 1 atom stereocenters. The minimum absolute atomic E-state index is 0.0191. The molecule has 0 spiro atoms. The number of halogens is 2. The van der Waals surface area contributed by atoms with Crippen molar-refractivity contribution in [2.24, 2.45) is 5.92 Å². The Balaban J connectivity index is 2.14. The molecular formula is C12H13ClFNO. The number of benzene rings is 1. The summed E-state index contributed by atoms with van der Waals surface area (Å²) in [5, 5.41) is 2.91. The van der Waals surface area contributed by atoms with Crippen LogP contribution in [0.25, 0.3) is 0 Å². The van der Waals surface area contributed by atoms with Gasteiger partial charge in [0.05, 0.1) is 5.02 Å². The number of rotatable bonds is 2. The van der Waals surface area contributed by atoms with Crippen molar-refractivity contribution in [1.29, 1.82) is 0 Å². The van der Waals surface area contributed by atoms with Gasteiger partial charge in [0.1, 0.15) is 5.82 Å². The van der Waals surface area contributed by atoms with Gasteiger partial charge in [0.15, 0.2) is 0 Å². The third kappa shape index (κ3) is 2.35. The van der Waals surface area contributed by atoms with Crippen LogP contribution in [0.2, 0.25) is 5.02 Å². The maximum absolute atomic E-state index is 13.6. The van der Waals surface area contributed by atoms with Gasteiger partial charge in [0.25, 0.3) is 0 Å². The molecule has 0 saturated carbocycles. The molecule has 1 N–H and O–H groups in total. The zero-order chi connectivity index (χ0) is 11.5. The van der Waals surface area contributed by atoms with E-state index >= 15 is 0 Å². The van der Waals surface area contributed by atoms with Crippen LogP contribution in [0.4, 0.5) is 4.39 Å². The molecule has 4 heteroatoms. The fourth-order valence-electron chi connectivity index (χ4n) is 2.00. The quantitative estimate of drug-likeness (QED) is 0.847. The predicted octanol–water partition coefficient (Wildman–Crippen LogP) is 2.55. The summed E-state index contributed by atoms with van der Waals surface area (Å²) in [4.78, 5) is 11.5. The molecule has 1 fully saturated rings. The van der Waals surface area contributed by atoms with E-state index in [0.717, 1.165) is 19.4 Å². The van der Waals surface area contributed by atoms with E-state index in [9.17, 15) is 9.18 Å². The van der Waals surface area contributed by atoms with Crippen LogP contribution in [-0.2, 0) is 11.2 Å². The molecule has 1 unspecified atom stereocenters. The number of nitrogens with one attached hydrogen (secondary N) is 1. The lowest BCUT2D eigenvalue weighted by atomic mass is 9.91. The third-order valence-corrected chi connectivity index (χ3v) is 3.19. The zero-order valence-corrected chi connectivity index (χ0v) is 9.56. The summed E-state index contributed by atoms with van der Waals surface area (Å²) >= 11 is 5.69. The van der Waals surface area contributed by atoms with Crippen molar-refractivity contribution >= 4 is 17.5 Å². The number of amides is 1. The van der Waals surface area contributed by atoms with Crippen molar-refractivity contribution in [3.8, 4) is 0 Å². The Bertz CT molecular complexity index is 408. The van der Waals surface area contributed by atoms with E-state index in [1.54, 1.807) is 12.1 Å². The first-order chi connectivity index (χ1) is 7.68. The molecule has 1 amide bonds. The van der Waals surface area contributed by atoms with Crippen molar-refractivity contribution < 1.29 is 9.18 Å². The first-order valence-electron chi connectivity index (χ1n) is 5.39. The average Bonchev–Trinajstić information content (AvgIpc) is 2.28. The fraction of sp³-hybridized carbons (Fsp3) is 0.417. The highest BCUT2D eigenvalue weighted by Gasteiger charge is 2.23. The summed E-state index contributed by atoms with van der Waals surface area (Å²) in [5.74, 6) is -0.505. The van der Waals surface area contributed by atoms with E-state index in [4.69, 9.17) is 11.6 Å². The molecule has 0 bridgehead atoms. The van der Waals surface area contributed by atoms with Crippen LogP contribution >= 0.6 is 11.6 Å². The van der Waals surface area contributed by atoms with Crippen molar-refractivity contribution in [3.05, 3.63) is 34.6 Å². The monoisotopic (exact) mass is 241 g/mol. The lowest BCUT2D eigenvalue weighted by molar-refractivity contribution is -0.126. The average molecular weight is 242 g/mol. The van der Waals surface area contributed by atoms with Gasteiger partial charge in [-0.1, -0.05) is 23.7 Å². The second kappa shape index (κ2) is 4.83. The van der Waals surface area contributed by atoms with E-state index in [-0.39, 0.29) is 16.8 Å². The first-order valence-corrected chi connectivity index (χ1v) is 5.77. The molecule has 2 nitrogen and oxygen atoms in total. The smallest absolute Gasteiger partial charge is 0.223 e. The molecule has 2 rings (SSSR count). The molecule has 1 aliphatic rings. The Labute approximate surface area is 98.8 Å². The lowest BCUT2D eigenvalue weighted by Crippen LogP contribution is -2.37. The second-order valence-electron chi connectivity index (χ2n) is 4.05. The number of carbonyl (C=O) groups excluding carboxylic acids is 1. The van der Waals surface area contributed by atoms with Crippen molar-refractivity contribution in [2.45, 2.75) is 19.3 Å². The van der Waals surface area contributed by atoms with E-state index in [2.05, 4.69) is 5.32 Å². The molecule has 1 aliphatic heterocycles. The van der Waals surface area contributed by atoms with Crippen LogP contribution in [0.15, 0.2) is 18.2 Å². The van der Waals surface area contributed by atoms with Crippen LogP contribution in [0, 0.1) is 11.7 Å². The molecule has 86 valence electrons. The Morgan fingerprint density at radius 1 is 1.50 bits per heavy atom.